The van der Waals surface area contributed by atoms with Gasteiger partial charge in [-0.15, -0.1) is 0 Å². The number of carbonyl (C=O) groups excluding carboxylic acids is 1. The van der Waals surface area contributed by atoms with Crippen LogP contribution in [0.4, 0.5) is 5.69 Å². The summed E-state index contributed by atoms with van der Waals surface area (Å²) in [6, 6.07) is 24.8. The van der Waals surface area contributed by atoms with Crippen molar-refractivity contribution in [2.45, 2.75) is 0 Å². The monoisotopic (exact) mass is 497 g/mol. The van der Waals surface area contributed by atoms with Crippen LogP contribution in [0.15, 0.2) is 78.9 Å². The third-order valence-corrected chi connectivity index (χ3v) is 5.91. The van der Waals surface area contributed by atoms with Crippen LogP contribution in [-0.2, 0) is 0 Å². The van der Waals surface area contributed by atoms with Crippen molar-refractivity contribution in [1.82, 2.24) is 20.8 Å². The van der Waals surface area contributed by atoms with Gasteiger partial charge in [-0.1, -0.05) is 48.5 Å². The molecule has 0 atom stereocenters. The molecule has 5 aromatic rings. The lowest BCUT2D eigenvalue weighted by molar-refractivity contribution is 0.0939. The number of pyridine rings is 1. The van der Waals surface area contributed by atoms with Crippen LogP contribution in [0.5, 0.6) is 11.5 Å². The summed E-state index contributed by atoms with van der Waals surface area (Å²) in [4.78, 5) is 21.2. The van der Waals surface area contributed by atoms with Gasteiger partial charge >= 0.3 is 0 Å². The van der Waals surface area contributed by atoms with Crippen LogP contribution < -0.4 is 25.6 Å². The minimum Gasteiger partial charge on any atom is -0.493 e. The Morgan fingerprint density at radius 1 is 0.861 bits per heavy atom. The summed E-state index contributed by atoms with van der Waals surface area (Å²) in [6.45, 7) is 0. The molecule has 4 N–H and O–H groups in total. The second-order valence-electron chi connectivity index (χ2n) is 7.92. The highest BCUT2D eigenvalue weighted by Gasteiger charge is 2.17. The number of aromatic amines is 1. The van der Waals surface area contributed by atoms with Gasteiger partial charge in [0.1, 0.15) is 5.69 Å². The first kappa shape index (κ1) is 23.1. The second-order valence-corrected chi connectivity index (χ2v) is 8.33. The number of hydrazine groups is 1. The Morgan fingerprint density at radius 3 is 2.39 bits per heavy atom. The number of methoxy groups -OCH3 is 2. The van der Waals surface area contributed by atoms with Gasteiger partial charge in [-0.05, 0) is 36.5 Å². The van der Waals surface area contributed by atoms with E-state index >= 15 is 0 Å². The van der Waals surface area contributed by atoms with Gasteiger partial charge < -0.3 is 19.8 Å². The minimum atomic E-state index is -0.421. The second kappa shape index (κ2) is 9.93. The Balaban J connectivity index is 1.40. The number of hydrogen-bond acceptors (Lipinski definition) is 5. The standard InChI is InChI=1S/C27H23N5O3S/c1-34-22-13-12-17(14-23(22)35-2)28-27(36)32-31-26(33)21-15-19-18-10-6-7-11-20(18)29-25(19)24(30-21)16-8-4-3-5-9-16/h3-15,29H,1-2H3,(H,31,33)(H2,28,32,36). The van der Waals surface area contributed by atoms with Crippen molar-refractivity contribution < 1.29 is 14.3 Å². The van der Waals surface area contributed by atoms with Crippen molar-refractivity contribution in [2.24, 2.45) is 0 Å². The van der Waals surface area contributed by atoms with Gasteiger partial charge in [0.15, 0.2) is 16.6 Å². The molecule has 0 fully saturated rings. The Hall–Kier alpha value is -4.63. The first-order valence-electron chi connectivity index (χ1n) is 11.1. The number of H-pyrrole nitrogens is 1. The van der Waals surface area contributed by atoms with E-state index in [1.807, 2.05) is 54.6 Å². The largest absolute Gasteiger partial charge is 0.493 e. The number of aromatic nitrogens is 2. The summed E-state index contributed by atoms with van der Waals surface area (Å²) in [5, 5.41) is 5.13. The Morgan fingerprint density at radius 2 is 1.61 bits per heavy atom. The van der Waals surface area contributed by atoms with E-state index in [0.717, 1.165) is 27.4 Å². The summed E-state index contributed by atoms with van der Waals surface area (Å²) in [6.07, 6.45) is 0. The third-order valence-electron chi connectivity index (χ3n) is 5.71. The summed E-state index contributed by atoms with van der Waals surface area (Å²) >= 11 is 5.34. The van der Waals surface area contributed by atoms with Crippen molar-refractivity contribution in [3.8, 4) is 22.8 Å². The molecule has 0 unspecified atom stereocenters. The molecule has 2 aromatic heterocycles. The van der Waals surface area contributed by atoms with E-state index in [-0.39, 0.29) is 10.8 Å². The normalized spacial score (nSPS) is 10.7. The number of fused-ring (bicyclic) bond motifs is 3. The molecular formula is C27H23N5O3S. The van der Waals surface area contributed by atoms with Gasteiger partial charge in [-0.3, -0.25) is 15.6 Å². The van der Waals surface area contributed by atoms with Crippen molar-refractivity contribution in [2.75, 3.05) is 19.5 Å². The van der Waals surface area contributed by atoms with Crippen molar-refractivity contribution in [3.63, 3.8) is 0 Å². The highest BCUT2D eigenvalue weighted by atomic mass is 32.1. The molecule has 1 amide bonds. The van der Waals surface area contributed by atoms with Crippen LogP contribution in [0.3, 0.4) is 0 Å². The fraction of sp³-hybridized carbons (Fsp3) is 0.0741. The summed E-state index contributed by atoms with van der Waals surface area (Å²) < 4.78 is 10.6. The summed E-state index contributed by atoms with van der Waals surface area (Å²) in [5.41, 5.74) is 9.74. The molecule has 0 saturated heterocycles. The third kappa shape index (κ3) is 4.51. The quantitative estimate of drug-likeness (QED) is 0.200. The van der Waals surface area contributed by atoms with Crippen molar-refractivity contribution in [3.05, 3.63) is 84.6 Å². The number of rotatable bonds is 5. The Kier molecular flexibility index (Phi) is 6.38. The fourth-order valence-corrected chi connectivity index (χ4v) is 4.19. The Labute approximate surface area is 212 Å². The van der Waals surface area contributed by atoms with Gasteiger partial charge in [0.25, 0.3) is 5.91 Å². The van der Waals surface area contributed by atoms with E-state index < -0.39 is 5.91 Å². The predicted molar refractivity (Wildman–Crippen MR) is 145 cm³/mol. The number of thiocarbonyl (C=S) groups is 1. The van der Waals surface area contributed by atoms with Crippen LogP contribution >= 0.6 is 12.2 Å². The van der Waals surface area contributed by atoms with Crippen LogP contribution in [0.2, 0.25) is 0 Å². The number of carbonyl (C=O) groups is 1. The SMILES string of the molecule is COc1ccc(NC(=S)NNC(=O)c2cc3c([nH]c4ccccc43)c(-c3ccccc3)n2)cc1OC. The number of para-hydroxylation sites is 1. The number of anilines is 1. The van der Waals surface area contributed by atoms with Gasteiger partial charge in [0.2, 0.25) is 0 Å². The highest BCUT2D eigenvalue weighted by Crippen LogP contribution is 2.33. The average molecular weight is 498 g/mol. The molecule has 180 valence electrons. The molecule has 0 spiro atoms. The zero-order valence-electron chi connectivity index (χ0n) is 19.6. The number of amides is 1. The topological polar surface area (TPSA) is 100 Å². The van der Waals surface area contributed by atoms with Crippen molar-refractivity contribution >= 4 is 50.7 Å². The van der Waals surface area contributed by atoms with Crippen LogP contribution in [0.1, 0.15) is 10.5 Å². The van der Waals surface area contributed by atoms with Crippen LogP contribution in [0, 0.1) is 0 Å². The van der Waals surface area contributed by atoms with Gasteiger partial charge in [-0.25, -0.2) is 4.98 Å². The van der Waals surface area contributed by atoms with E-state index in [4.69, 9.17) is 26.7 Å². The van der Waals surface area contributed by atoms with Crippen molar-refractivity contribution in [1.29, 1.82) is 0 Å². The average Bonchev–Trinajstić information content (AvgIpc) is 3.30. The molecule has 0 aliphatic carbocycles. The molecule has 2 heterocycles. The molecule has 0 saturated carbocycles. The van der Waals surface area contributed by atoms with Gasteiger partial charge in [0, 0.05) is 33.6 Å². The molecule has 9 heteroatoms. The molecule has 8 nitrogen and oxygen atoms in total. The van der Waals surface area contributed by atoms with E-state index in [1.165, 1.54) is 0 Å². The molecule has 5 rings (SSSR count). The Bertz CT molecular complexity index is 1580. The lowest BCUT2D eigenvalue weighted by Crippen LogP contribution is -2.44. The first-order valence-corrected chi connectivity index (χ1v) is 11.5. The molecule has 0 aliphatic rings. The van der Waals surface area contributed by atoms with Gasteiger partial charge in [0.05, 0.1) is 25.4 Å². The summed E-state index contributed by atoms with van der Waals surface area (Å²) in [5.74, 6) is 0.734. The lowest BCUT2D eigenvalue weighted by atomic mass is 10.1. The zero-order chi connectivity index (χ0) is 25.1. The fourth-order valence-electron chi connectivity index (χ4n) is 4.02. The maximum absolute atomic E-state index is 13.1. The van der Waals surface area contributed by atoms with Gasteiger partial charge in [-0.2, -0.15) is 0 Å². The number of hydrogen-bond donors (Lipinski definition) is 4. The lowest BCUT2D eigenvalue weighted by Gasteiger charge is -2.14. The predicted octanol–water partition coefficient (Wildman–Crippen LogP) is 5.03. The van der Waals surface area contributed by atoms with E-state index in [2.05, 4.69) is 21.2 Å². The molecule has 0 bridgehead atoms. The van der Waals surface area contributed by atoms with E-state index in [9.17, 15) is 4.79 Å². The molecule has 0 aliphatic heterocycles. The molecular weight excluding hydrogens is 474 g/mol. The zero-order valence-corrected chi connectivity index (χ0v) is 20.4. The van der Waals surface area contributed by atoms with E-state index in [1.54, 1.807) is 38.5 Å². The number of benzene rings is 3. The number of nitrogens with zero attached hydrogens (tertiary/aromatic N) is 1. The summed E-state index contributed by atoms with van der Waals surface area (Å²) in [7, 11) is 3.12. The minimum absolute atomic E-state index is 0.201. The molecule has 3 aromatic carbocycles. The number of ether oxygens (including phenoxy) is 2. The maximum Gasteiger partial charge on any atom is 0.288 e. The first-order chi connectivity index (χ1) is 17.6. The highest BCUT2D eigenvalue weighted by molar-refractivity contribution is 7.80. The van der Waals surface area contributed by atoms with Crippen LogP contribution in [0.25, 0.3) is 33.1 Å². The smallest absolute Gasteiger partial charge is 0.288 e. The molecule has 36 heavy (non-hydrogen) atoms. The molecule has 0 radical (unpaired) electrons. The maximum atomic E-state index is 13.1. The number of nitrogens with one attached hydrogen (secondary N) is 4. The van der Waals surface area contributed by atoms with E-state index in [0.29, 0.717) is 22.9 Å². The van der Waals surface area contributed by atoms with Crippen LogP contribution in [-0.4, -0.2) is 35.2 Å².